The van der Waals surface area contributed by atoms with Gasteiger partial charge in [0.25, 0.3) is 5.69 Å². The van der Waals surface area contributed by atoms with E-state index >= 15 is 0 Å². The predicted octanol–water partition coefficient (Wildman–Crippen LogP) is 4.15. The van der Waals surface area contributed by atoms with Crippen LogP contribution in [-0.2, 0) is 6.54 Å². The number of aryl methyl sites for hydroxylation is 1. The minimum Gasteiger partial charge on any atom is -0.419 e. The summed E-state index contributed by atoms with van der Waals surface area (Å²) >= 11 is 0. The van der Waals surface area contributed by atoms with E-state index in [0.717, 1.165) is 6.54 Å². The summed E-state index contributed by atoms with van der Waals surface area (Å²) in [6.07, 6.45) is 0. The Bertz CT molecular complexity index is 905. The second-order valence-corrected chi connectivity index (χ2v) is 6.27. The quantitative estimate of drug-likeness (QED) is 0.489. The molecule has 1 unspecified atom stereocenters. The summed E-state index contributed by atoms with van der Waals surface area (Å²) in [7, 11) is 2.01. The lowest BCUT2D eigenvalue weighted by atomic mass is 10.1. The molecule has 26 heavy (non-hydrogen) atoms. The van der Waals surface area contributed by atoms with Crippen LogP contribution in [0.3, 0.4) is 0 Å². The van der Waals surface area contributed by atoms with Gasteiger partial charge in [-0.2, -0.15) is 0 Å². The third-order valence-electron chi connectivity index (χ3n) is 4.47. The van der Waals surface area contributed by atoms with Crippen LogP contribution >= 0.6 is 0 Å². The molecule has 0 saturated carbocycles. The molecule has 1 heterocycles. The van der Waals surface area contributed by atoms with Crippen LogP contribution in [0.1, 0.15) is 30.0 Å². The number of aromatic nitrogens is 2. The fourth-order valence-electron chi connectivity index (χ4n) is 2.63. The van der Waals surface area contributed by atoms with E-state index in [1.165, 1.54) is 23.3 Å². The Morgan fingerprint density at radius 3 is 2.50 bits per heavy atom. The Kier molecular flexibility index (Phi) is 5.09. The van der Waals surface area contributed by atoms with Crippen molar-refractivity contribution in [1.82, 2.24) is 15.1 Å². The third kappa shape index (κ3) is 3.78. The van der Waals surface area contributed by atoms with E-state index in [9.17, 15) is 10.1 Å². The Balaban J connectivity index is 1.74. The van der Waals surface area contributed by atoms with Gasteiger partial charge < -0.3 is 4.42 Å². The molecule has 0 N–H and O–H groups in total. The van der Waals surface area contributed by atoms with Gasteiger partial charge in [0.05, 0.1) is 11.0 Å². The Hall–Kier alpha value is -3.06. The number of non-ortho nitro benzene ring substituents is 1. The standard InChI is InChI=1S/C19H20N4O3/c1-13-6-4-5-7-16(13)12-22(3)14(2)18-20-21-19(26-18)15-8-10-17(11-9-15)23(24)25/h4-11,14H,12H2,1-3H3. The summed E-state index contributed by atoms with van der Waals surface area (Å²) in [4.78, 5) is 12.4. The van der Waals surface area contributed by atoms with Crippen molar-refractivity contribution in [3.63, 3.8) is 0 Å². The first kappa shape index (κ1) is 17.8. The van der Waals surface area contributed by atoms with Gasteiger partial charge in [-0.3, -0.25) is 15.0 Å². The van der Waals surface area contributed by atoms with Crippen LogP contribution in [0.5, 0.6) is 0 Å². The highest BCUT2D eigenvalue weighted by Crippen LogP contribution is 2.26. The lowest BCUT2D eigenvalue weighted by molar-refractivity contribution is -0.384. The van der Waals surface area contributed by atoms with Gasteiger partial charge in [-0.15, -0.1) is 10.2 Å². The van der Waals surface area contributed by atoms with E-state index in [0.29, 0.717) is 17.3 Å². The summed E-state index contributed by atoms with van der Waals surface area (Å²) < 4.78 is 5.79. The van der Waals surface area contributed by atoms with E-state index in [-0.39, 0.29) is 11.7 Å². The highest BCUT2D eigenvalue weighted by molar-refractivity contribution is 5.55. The summed E-state index contributed by atoms with van der Waals surface area (Å²) in [5, 5.41) is 19.0. The molecule has 1 aromatic heterocycles. The number of hydrogen-bond donors (Lipinski definition) is 0. The second-order valence-electron chi connectivity index (χ2n) is 6.27. The molecule has 3 rings (SSSR count). The first-order chi connectivity index (χ1) is 12.5. The van der Waals surface area contributed by atoms with Crippen LogP contribution in [-0.4, -0.2) is 27.1 Å². The maximum absolute atomic E-state index is 10.7. The van der Waals surface area contributed by atoms with Gasteiger partial charge in [0, 0.05) is 24.2 Å². The largest absolute Gasteiger partial charge is 0.419 e. The van der Waals surface area contributed by atoms with Crippen molar-refractivity contribution in [3.05, 3.63) is 75.7 Å². The maximum Gasteiger partial charge on any atom is 0.269 e. The van der Waals surface area contributed by atoms with E-state index in [1.54, 1.807) is 12.1 Å². The van der Waals surface area contributed by atoms with Crippen LogP contribution in [0.2, 0.25) is 0 Å². The highest BCUT2D eigenvalue weighted by atomic mass is 16.6. The van der Waals surface area contributed by atoms with Crippen molar-refractivity contribution < 1.29 is 9.34 Å². The van der Waals surface area contributed by atoms with Crippen LogP contribution in [0.15, 0.2) is 52.9 Å². The molecule has 2 aromatic carbocycles. The average molecular weight is 352 g/mol. The molecule has 0 aliphatic rings. The summed E-state index contributed by atoms with van der Waals surface area (Å²) in [6, 6.07) is 14.3. The molecule has 0 amide bonds. The van der Waals surface area contributed by atoms with Gasteiger partial charge in [-0.25, -0.2) is 0 Å². The normalized spacial score (nSPS) is 12.3. The molecule has 0 bridgehead atoms. The van der Waals surface area contributed by atoms with Gasteiger partial charge in [-0.05, 0) is 44.2 Å². The molecule has 1 atom stereocenters. The monoisotopic (exact) mass is 352 g/mol. The van der Waals surface area contributed by atoms with E-state index in [2.05, 4.69) is 34.2 Å². The van der Waals surface area contributed by atoms with Gasteiger partial charge in [0.1, 0.15) is 0 Å². The van der Waals surface area contributed by atoms with Gasteiger partial charge in [-0.1, -0.05) is 24.3 Å². The van der Waals surface area contributed by atoms with Crippen molar-refractivity contribution in [1.29, 1.82) is 0 Å². The molecular weight excluding hydrogens is 332 g/mol. The first-order valence-corrected chi connectivity index (χ1v) is 8.28. The average Bonchev–Trinajstić information content (AvgIpc) is 3.13. The smallest absolute Gasteiger partial charge is 0.269 e. The van der Waals surface area contributed by atoms with Crippen molar-refractivity contribution >= 4 is 5.69 Å². The van der Waals surface area contributed by atoms with E-state index in [4.69, 9.17) is 4.42 Å². The fourth-order valence-corrected chi connectivity index (χ4v) is 2.63. The molecule has 0 aliphatic carbocycles. The van der Waals surface area contributed by atoms with E-state index < -0.39 is 4.92 Å². The molecule has 134 valence electrons. The topological polar surface area (TPSA) is 85.3 Å². The Morgan fingerprint density at radius 2 is 1.85 bits per heavy atom. The number of nitro benzene ring substituents is 1. The Labute approximate surface area is 151 Å². The van der Waals surface area contributed by atoms with Gasteiger partial charge in [0.15, 0.2) is 0 Å². The van der Waals surface area contributed by atoms with Crippen LogP contribution in [0.25, 0.3) is 11.5 Å². The van der Waals surface area contributed by atoms with Crippen LogP contribution in [0, 0.1) is 17.0 Å². The summed E-state index contributed by atoms with van der Waals surface area (Å²) in [5.41, 5.74) is 3.17. The van der Waals surface area contributed by atoms with E-state index in [1.807, 2.05) is 26.1 Å². The summed E-state index contributed by atoms with van der Waals surface area (Å²) in [6.45, 7) is 4.86. The molecule has 0 radical (unpaired) electrons. The lowest BCUT2D eigenvalue weighted by Gasteiger charge is -2.22. The molecule has 3 aromatic rings. The van der Waals surface area contributed by atoms with Crippen LogP contribution < -0.4 is 0 Å². The maximum atomic E-state index is 10.7. The number of rotatable bonds is 6. The van der Waals surface area contributed by atoms with Crippen molar-refractivity contribution in [2.24, 2.45) is 0 Å². The minimum absolute atomic E-state index is 0.0276. The first-order valence-electron chi connectivity index (χ1n) is 8.28. The number of nitro groups is 1. The molecule has 0 fully saturated rings. The SMILES string of the molecule is Cc1ccccc1CN(C)C(C)c1nnc(-c2ccc([N+](=O)[O-])cc2)o1. The molecule has 7 heteroatoms. The highest BCUT2D eigenvalue weighted by Gasteiger charge is 2.20. The third-order valence-corrected chi connectivity index (χ3v) is 4.47. The predicted molar refractivity (Wildman–Crippen MR) is 97.4 cm³/mol. The molecule has 7 nitrogen and oxygen atoms in total. The van der Waals surface area contributed by atoms with Crippen molar-refractivity contribution in [3.8, 4) is 11.5 Å². The van der Waals surface area contributed by atoms with Crippen molar-refractivity contribution in [2.75, 3.05) is 7.05 Å². The van der Waals surface area contributed by atoms with Crippen LogP contribution in [0.4, 0.5) is 5.69 Å². The zero-order valence-corrected chi connectivity index (χ0v) is 14.9. The van der Waals surface area contributed by atoms with Gasteiger partial charge in [0.2, 0.25) is 11.8 Å². The fraction of sp³-hybridized carbons (Fsp3) is 0.263. The number of benzene rings is 2. The molecule has 0 spiro atoms. The molecule has 0 saturated heterocycles. The molecular formula is C19H20N4O3. The second kappa shape index (κ2) is 7.45. The molecule has 0 aliphatic heterocycles. The summed E-state index contributed by atoms with van der Waals surface area (Å²) in [5.74, 6) is 0.862. The zero-order valence-electron chi connectivity index (χ0n) is 14.9. The zero-order chi connectivity index (χ0) is 18.7. The number of hydrogen-bond acceptors (Lipinski definition) is 6. The van der Waals surface area contributed by atoms with Crippen molar-refractivity contribution in [2.45, 2.75) is 26.4 Å². The Morgan fingerprint density at radius 1 is 1.15 bits per heavy atom. The minimum atomic E-state index is -0.439. The van der Waals surface area contributed by atoms with Gasteiger partial charge >= 0.3 is 0 Å². The number of nitrogens with zero attached hydrogens (tertiary/aromatic N) is 4. The lowest BCUT2D eigenvalue weighted by Crippen LogP contribution is -2.22.